The van der Waals surface area contributed by atoms with Crippen molar-refractivity contribution < 1.29 is 0 Å². The summed E-state index contributed by atoms with van der Waals surface area (Å²) in [5.74, 6) is 1.08. The third-order valence-electron chi connectivity index (χ3n) is 2.95. The fourth-order valence-electron chi connectivity index (χ4n) is 2.19. The van der Waals surface area contributed by atoms with Gasteiger partial charge in [0, 0.05) is 11.1 Å². The average molecular weight is 266 g/mol. The minimum atomic E-state index is 0.381. The standard InChI is InChI=1S/C14H20ClN3/c1-4-7-16-9-14-17-12-6-5-11(15)8-13(12)18(14)10(2)3/h5-6,8,10,16H,4,7,9H2,1-3H3. The quantitative estimate of drug-likeness (QED) is 0.834. The molecule has 0 saturated carbocycles. The van der Waals surface area contributed by atoms with Crippen molar-refractivity contribution in [3.63, 3.8) is 0 Å². The van der Waals surface area contributed by atoms with Gasteiger partial charge in [-0.1, -0.05) is 18.5 Å². The predicted octanol–water partition coefficient (Wildman–Crippen LogP) is 3.77. The number of halogens is 1. The highest BCUT2D eigenvalue weighted by Gasteiger charge is 2.12. The van der Waals surface area contributed by atoms with Crippen molar-refractivity contribution in [2.45, 2.75) is 39.8 Å². The lowest BCUT2D eigenvalue weighted by molar-refractivity contribution is 0.553. The first kappa shape index (κ1) is 13.4. The molecule has 4 heteroatoms. The van der Waals surface area contributed by atoms with Crippen LogP contribution in [0.15, 0.2) is 18.2 Å². The number of rotatable bonds is 5. The normalized spacial score (nSPS) is 11.6. The highest BCUT2D eigenvalue weighted by Crippen LogP contribution is 2.24. The molecule has 0 aliphatic carbocycles. The van der Waals surface area contributed by atoms with Gasteiger partial charge in [-0.3, -0.25) is 0 Å². The summed E-state index contributed by atoms with van der Waals surface area (Å²) in [6.45, 7) is 8.33. The molecule has 0 amide bonds. The van der Waals surface area contributed by atoms with Crippen LogP contribution in [0.1, 0.15) is 39.1 Å². The lowest BCUT2D eigenvalue weighted by Crippen LogP contribution is -2.18. The van der Waals surface area contributed by atoms with Crippen molar-refractivity contribution in [2.75, 3.05) is 6.54 Å². The minimum Gasteiger partial charge on any atom is -0.324 e. The van der Waals surface area contributed by atoms with Crippen molar-refractivity contribution in [1.82, 2.24) is 14.9 Å². The molecule has 98 valence electrons. The largest absolute Gasteiger partial charge is 0.324 e. The maximum absolute atomic E-state index is 6.07. The molecule has 0 bridgehead atoms. The Kier molecular flexibility index (Phi) is 4.25. The molecule has 1 N–H and O–H groups in total. The van der Waals surface area contributed by atoms with Crippen LogP contribution in [0.2, 0.25) is 5.02 Å². The van der Waals surface area contributed by atoms with Gasteiger partial charge < -0.3 is 9.88 Å². The summed E-state index contributed by atoms with van der Waals surface area (Å²) in [5, 5.41) is 4.17. The van der Waals surface area contributed by atoms with Gasteiger partial charge in [-0.05, 0) is 45.0 Å². The maximum atomic E-state index is 6.07. The van der Waals surface area contributed by atoms with Gasteiger partial charge in [0.05, 0.1) is 17.6 Å². The van der Waals surface area contributed by atoms with Crippen LogP contribution in [-0.4, -0.2) is 16.1 Å². The van der Waals surface area contributed by atoms with Gasteiger partial charge in [-0.15, -0.1) is 0 Å². The van der Waals surface area contributed by atoms with Crippen molar-refractivity contribution in [3.8, 4) is 0 Å². The Hall–Kier alpha value is -1.06. The van der Waals surface area contributed by atoms with Crippen molar-refractivity contribution in [2.24, 2.45) is 0 Å². The number of imidazole rings is 1. The average Bonchev–Trinajstić information content (AvgIpc) is 2.67. The second kappa shape index (κ2) is 5.72. The van der Waals surface area contributed by atoms with Gasteiger partial charge in [-0.25, -0.2) is 4.98 Å². The lowest BCUT2D eigenvalue weighted by atomic mass is 10.3. The zero-order chi connectivity index (χ0) is 13.1. The minimum absolute atomic E-state index is 0.381. The number of aromatic nitrogens is 2. The fourth-order valence-corrected chi connectivity index (χ4v) is 2.36. The molecule has 1 heterocycles. The molecule has 0 saturated heterocycles. The summed E-state index contributed by atoms with van der Waals surface area (Å²) in [6, 6.07) is 6.25. The first-order valence-electron chi connectivity index (χ1n) is 6.50. The van der Waals surface area contributed by atoms with Gasteiger partial charge in [0.25, 0.3) is 0 Å². The maximum Gasteiger partial charge on any atom is 0.124 e. The monoisotopic (exact) mass is 265 g/mol. The number of hydrogen-bond acceptors (Lipinski definition) is 2. The van der Waals surface area contributed by atoms with Crippen LogP contribution in [0.3, 0.4) is 0 Å². The number of hydrogen-bond donors (Lipinski definition) is 1. The molecular weight excluding hydrogens is 246 g/mol. The molecule has 2 rings (SSSR count). The molecule has 0 aliphatic rings. The Morgan fingerprint density at radius 3 is 2.83 bits per heavy atom. The smallest absolute Gasteiger partial charge is 0.124 e. The van der Waals surface area contributed by atoms with Gasteiger partial charge in [0.15, 0.2) is 0 Å². The Balaban J connectivity index is 2.41. The van der Waals surface area contributed by atoms with Crippen molar-refractivity contribution >= 4 is 22.6 Å². The van der Waals surface area contributed by atoms with E-state index in [1.54, 1.807) is 0 Å². The Bertz CT molecular complexity index is 531. The van der Waals surface area contributed by atoms with Gasteiger partial charge >= 0.3 is 0 Å². The van der Waals surface area contributed by atoms with Gasteiger partial charge in [0.2, 0.25) is 0 Å². The van der Waals surface area contributed by atoms with Gasteiger partial charge in [0.1, 0.15) is 5.82 Å². The van der Waals surface area contributed by atoms with E-state index < -0.39 is 0 Å². The second-order valence-electron chi connectivity index (χ2n) is 4.80. The Morgan fingerprint density at radius 2 is 2.17 bits per heavy atom. The van der Waals surface area contributed by atoms with E-state index in [2.05, 4.69) is 35.6 Å². The molecule has 2 aromatic rings. The number of nitrogens with zero attached hydrogens (tertiary/aromatic N) is 2. The van der Waals surface area contributed by atoms with E-state index in [1.165, 1.54) is 0 Å². The molecule has 0 unspecified atom stereocenters. The van der Waals surface area contributed by atoms with Crippen LogP contribution >= 0.6 is 11.6 Å². The van der Waals surface area contributed by atoms with E-state index in [0.717, 1.165) is 41.4 Å². The highest BCUT2D eigenvalue weighted by molar-refractivity contribution is 6.31. The van der Waals surface area contributed by atoms with Crippen LogP contribution in [0.25, 0.3) is 11.0 Å². The molecule has 3 nitrogen and oxygen atoms in total. The summed E-state index contributed by atoms with van der Waals surface area (Å²) in [5.41, 5.74) is 2.13. The summed E-state index contributed by atoms with van der Waals surface area (Å²) >= 11 is 6.07. The number of benzene rings is 1. The fraction of sp³-hybridized carbons (Fsp3) is 0.500. The third-order valence-corrected chi connectivity index (χ3v) is 3.19. The zero-order valence-corrected chi connectivity index (χ0v) is 12.0. The summed E-state index contributed by atoms with van der Waals surface area (Å²) in [7, 11) is 0. The van der Waals surface area contributed by atoms with Crippen LogP contribution < -0.4 is 5.32 Å². The van der Waals surface area contributed by atoms with Crippen molar-refractivity contribution in [1.29, 1.82) is 0 Å². The summed E-state index contributed by atoms with van der Waals surface area (Å²) in [6.07, 6.45) is 1.13. The molecular formula is C14H20ClN3. The van der Waals surface area contributed by atoms with Crippen LogP contribution in [0.5, 0.6) is 0 Å². The van der Waals surface area contributed by atoms with E-state index in [1.807, 2.05) is 18.2 Å². The van der Waals surface area contributed by atoms with E-state index >= 15 is 0 Å². The summed E-state index contributed by atoms with van der Waals surface area (Å²) in [4.78, 5) is 4.69. The van der Waals surface area contributed by atoms with E-state index in [4.69, 9.17) is 11.6 Å². The highest BCUT2D eigenvalue weighted by atomic mass is 35.5. The van der Waals surface area contributed by atoms with Crippen LogP contribution in [0, 0.1) is 0 Å². The number of fused-ring (bicyclic) bond motifs is 1. The molecule has 0 radical (unpaired) electrons. The zero-order valence-electron chi connectivity index (χ0n) is 11.2. The predicted molar refractivity (Wildman–Crippen MR) is 77.1 cm³/mol. The third kappa shape index (κ3) is 2.68. The molecule has 0 spiro atoms. The molecule has 1 aromatic carbocycles. The van der Waals surface area contributed by atoms with E-state index in [9.17, 15) is 0 Å². The van der Waals surface area contributed by atoms with Crippen molar-refractivity contribution in [3.05, 3.63) is 29.0 Å². The number of nitrogens with one attached hydrogen (secondary N) is 1. The van der Waals surface area contributed by atoms with E-state index in [-0.39, 0.29) is 0 Å². The van der Waals surface area contributed by atoms with Crippen LogP contribution in [-0.2, 0) is 6.54 Å². The Labute approximate surface area is 113 Å². The first-order valence-corrected chi connectivity index (χ1v) is 6.88. The Morgan fingerprint density at radius 1 is 1.39 bits per heavy atom. The SMILES string of the molecule is CCCNCc1nc2ccc(Cl)cc2n1C(C)C. The topological polar surface area (TPSA) is 29.9 Å². The molecule has 0 aliphatic heterocycles. The first-order chi connectivity index (χ1) is 8.63. The second-order valence-corrected chi connectivity index (χ2v) is 5.24. The molecule has 0 atom stereocenters. The van der Waals surface area contributed by atoms with Crippen LogP contribution in [0.4, 0.5) is 0 Å². The molecule has 18 heavy (non-hydrogen) atoms. The lowest BCUT2D eigenvalue weighted by Gasteiger charge is -2.13. The summed E-state index contributed by atoms with van der Waals surface area (Å²) < 4.78 is 2.25. The van der Waals surface area contributed by atoms with E-state index in [0.29, 0.717) is 6.04 Å². The van der Waals surface area contributed by atoms with Gasteiger partial charge in [-0.2, -0.15) is 0 Å². The molecule has 0 fully saturated rings. The molecule has 1 aromatic heterocycles.